The Morgan fingerprint density at radius 3 is 2.91 bits per heavy atom. The number of benzene rings is 1. The fraction of sp³-hybridized carbons (Fsp3) is 0.400. The molecular formula is C15H19N3O2S2. The van der Waals surface area contributed by atoms with Crippen molar-refractivity contribution in [2.24, 2.45) is 0 Å². The first-order valence-corrected chi connectivity index (χ1v) is 9.55. The van der Waals surface area contributed by atoms with Gasteiger partial charge < -0.3 is 5.32 Å². The number of aryl methyl sites for hydroxylation is 1. The van der Waals surface area contributed by atoms with Crippen LogP contribution < -0.4 is 5.32 Å². The molecule has 3 rings (SSSR count). The summed E-state index contributed by atoms with van der Waals surface area (Å²) in [4.78, 5) is 4.77. The molecule has 1 N–H and O–H groups in total. The molecule has 1 fully saturated rings. The summed E-state index contributed by atoms with van der Waals surface area (Å²) in [5.41, 5.74) is 1.80. The van der Waals surface area contributed by atoms with Gasteiger partial charge in [0, 0.05) is 42.3 Å². The van der Waals surface area contributed by atoms with E-state index in [1.54, 1.807) is 22.5 Å². The highest BCUT2D eigenvalue weighted by molar-refractivity contribution is 7.89. The van der Waals surface area contributed by atoms with Crippen LogP contribution in [0.15, 0.2) is 34.5 Å². The lowest BCUT2D eigenvalue weighted by Gasteiger charge is -2.32. The Labute approximate surface area is 135 Å². The molecule has 0 amide bonds. The van der Waals surface area contributed by atoms with E-state index in [-0.39, 0.29) is 6.04 Å². The van der Waals surface area contributed by atoms with Crippen molar-refractivity contribution >= 4 is 21.4 Å². The van der Waals surface area contributed by atoms with Gasteiger partial charge in [-0.25, -0.2) is 13.4 Å². The molecular weight excluding hydrogens is 318 g/mol. The number of rotatable bonds is 3. The van der Waals surface area contributed by atoms with Gasteiger partial charge in [0.05, 0.1) is 4.90 Å². The number of nitrogens with zero attached hydrogens (tertiary/aromatic N) is 2. The van der Waals surface area contributed by atoms with E-state index in [1.807, 2.05) is 25.3 Å². The molecule has 1 aromatic carbocycles. The van der Waals surface area contributed by atoms with E-state index in [0.29, 0.717) is 24.5 Å². The lowest BCUT2D eigenvalue weighted by Crippen LogP contribution is -2.52. The molecule has 1 saturated heterocycles. The Kier molecular flexibility index (Phi) is 4.31. The van der Waals surface area contributed by atoms with Gasteiger partial charge in [-0.1, -0.05) is 12.1 Å². The summed E-state index contributed by atoms with van der Waals surface area (Å²) >= 11 is 1.53. The number of thiazole rings is 1. The van der Waals surface area contributed by atoms with Crippen molar-refractivity contribution < 1.29 is 8.42 Å². The molecule has 7 heteroatoms. The highest BCUT2D eigenvalue weighted by Crippen LogP contribution is 2.27. The minimum absolute atomic E-state index is 0.0375. The Morgan fingerprint density at radius 1 is 1.41 bits per heavy atom. The predicted molar refractivity (Wildman–Crippen MR) is 88.5 cm³/mol. The number of aromatic nitrogens is 1. The maximum absolute atomic E-state index is 12.9. The van der Waals surface area contributed by atoms with Gasteiger partial charge in [-0.2, -0.15) is 4.31 Å². The van der Waals surface area contributed by atoms with Gasteiger partial charge >= 0.3 is 0 Å². The molecule has 2 heterocycles. The molecule has 2 aromatic rings. The van der Waals surface area contributed by atoms with Crippen LogP contribution in [0.3, 0.4) is 0 Å². The van der Waals surface area contributed by atoms with Crippen molar-refractivity contribution in [3.05, 3.63) is 35.3 Å². The molecule has 0 radical (unpaired) electrons. The second-order valence-electron chi connectivity index (χ2n) is 5.49. The van der Waals surface area contributed by atoms with Crippen molar-refractivity contribution in [1.82, 2.24) is 14.6 Å². The van der Waals surface area contributed by atoms with Crippen molar-refractivity contribution in [3.63, 3.8) is 0 Å². The minimum Gasteiger partial charge on any atom is -0.314 e. The summed E-state index contributed by atoms with van der Waals surface area (Å²) in [6.45, 7) is 5.74. The van der Waals surface area contributed by atoms with E-state index >= 15 is 0 Å². The topological polar surface area (TPSA) is 62.3 Å². The molecule has 0 saturated carbocycles. The largest absolute Gasteiger partial charge is 0.314 e. The van der Waals surface area contributed by atoms with Crippen LogP contribution in [0, 0.1) is 6.92 Å². The summed E-state index contributed by atoms with van der Waals surface area (Å²) in [7, 11) is -3.46. The zero-order chi connectivity index (χ0) is 15.7. The van der Waals surface area contributed by atoms with E-state index in [2.05, 4.69) is 10.3 Å². The van der Waals surface area contributed by atoms with Crippen molar-refractivity contribution in [2.75, 3.05) is 19.6 Å². The molecule has 0 unspecified atom stereocenters. The third kappa shape index (κ3) is 2.94. The molecule has 1 aromatic heterocycles. The van der Waals surface area contributed by atoms with Crippen LogP contribution in [0.25, 0.3) is 10.6 Å². The summed E-state index contributed by atoms with van der Waals surface area (Å²) in [5, 5.41) is 6.03. The predicted octanol–water partition coefficient (Wildman–Crippen LogP) is 2.10. The average Bonchev–Trinajstić information content (AvgIpc) is 2.94. The summed E-state index contributed by atoms with van der Waals surface area (Å²) in [6, 6.07) is 7.03. The highest BCUT2D eigenvalue weighted by atomic mass is 32.2. The lowest BCUT2D eigenvalue weighted by atomic mass is 10.2. The maximum atomic E-state index is 12.9. The van der Waals surface area contributed by atoms with Gasteiger partial charge in [0.1, 0.15) is 5.01 Å². The summed E-state index contributed by atoms with van der Waals surface area (Å²) < 4.78 is 27.3. The second-order valence-corrected chi connectivity index (χ2v) is 8.24. The molecule has 0 bridgehead atoms. The van der Waals surface area contributed by atoms with Crippen LogP contribution in [0.2, 0.25) is 0 Å². The minimum atomic E-state index is -3.46. The van der Waals surface area contributed by atoms with Crippen LogP contribution >= 0.6 is 11.3 Å². The van der Waals surface area contributed by atoms with Gasteiger partial charge in [-0.15, -0.1) is 11.3 Å². The van der Waals surface area contributed by atoms with Crippen LogP contribution in [0.1, 0.15) is 12.6 Å². The number of hydrogen-bond acceptors (Lipinski definition) is 5. The van der Waals surface area contributed by atoms with Gasteiger partial charge in [-0.05, 0) is 26.0 Å². The Bertz CT molecular complexity index is 771. The smallest absolute Gasteiger partial charge is 0.243 e. The van der Waals surface area contributed by atoms with Crippen LogP contribution in [-0.2, 0) is 10.0 Å². The third-order valence-electron chi connectivity index (χ3n) is 3.75. The Hall–Kier alpha value is -1.28. The zero-order valence-corrected chi connectivity index (χ0v) is 14.2. The van der Waals surface area contributed by atoms with Crippen molar-refractivity contribution in [3.8, 4) is 10.6 Å². The average molecular weight is 337 g/mol. The fourth-order valence-electron chi connectivity index (χ4n) is 2.59. The SMILES string of the molecule is Cc1csc(-c2cccc(S(=O)(=O)N3CCNC[C@@H]3C)c2)n1. The van der Waals surface area contributed by atoms with Gasteiger partial charge in [0.2, 0.25) is 10.0 Å². The molecule has 22 heavy (non-hydrogen) atoms. The molecule has 0 aliphatic carbocycles. The van der Waals surface area contributed by atoms with Gasteiger partial charge in [0.15, 0.2) is 0 Å². The van der Waals surface area contributed by atoms with Crippen LogP contribution in [0.5, 0.6) is 0 Å². The maximum Gasteiger partial charge on any atom is 0.243 e. The van der Waals surface area contributed by atoms with Gasteiger partial charge in [0.25, 0.3) is 0 Å². The highest BCUT2D eigenvalue weighted by Gasteiger charge is 2.31. The van der Waals surface area contributed by atoms with Crippen molar-refractivity contribution in [2.45, 2.75) is 24.8 Å². The number of piperazine rings is 1. The van der Waals surface area contributed by atoms with E-state index < -0.39 is 10.0 Å². The molecule has 5 nitrogen and oxygen atoms in total. The first kappa shape index (κ1) is 15.6. The number of hydrogen-bond donors (Lipinski definition) is 1. The van der Waals surface area contributed by atoms with Crippen LogP contribution in [-0.4, -0.2) is 43.4 Å². The first-order chi connectivity index (χ1) is 10.5. The zero-order valence-electron chi connectivity index (χ0n) is 12.6. The quantitative estimate of drug-likeness (QED) is 0.932. The molecule has 1 aliphatic rings. The third-order valence-corrected chi connectivity index (χ3v) is 6.77. The van der Waals surface area contributed by atoms with E-state index in [0.717, 1.165) is 16.3 Å². The molecule has 0 spiro atoms. The number of nitrogens with one attached hydrogen (secondary N) is 1. The van der Waals surface area contributed by atoms with E-state index in [9.17, 15) is 8.42 Å². The molecule has 118 valence electrons. The summed E-state index contributed by atoms with van der Waals surface area (Å²) in [5.74, 6) is 0. The second kappa shape index (κ2) is 6.08. The normalized spacial score (nSPS) is 20.2. The summed E-state index contributed by atoms with van der Waals surface area (Å²) in [6.07, 6.45) is 0. The Morgan fingerprint density at radius 2 is 2.23 bits per heavy atom. The molecule has 1 atom stereocenters. The fourth-order valence-corrected chi connectivity index (χ4v) is 5.06. The monoisotopic (exact) mass is 337 g/mol. The van der Waals surface area contributed by atoms with E-state index in [1.165, 1.54) is 11.3 Å². The number of sulfonamides is 1. The first-order valence-electron chi connectivity index (χ1n) is 7.23. The molecule has 1 aliphatic heterocycles. The Balaban J connectivity index is 1.97. The van der Waals surface area contributed by atoms with Crippen LogP contribution in [0.4, 0.5) is 0 Å². The van der Waals surface area contributed by atoms with E-state index in [4.69, 9.17) is 0 Å². The van der Waals surface area contributed by atoms with Gasteiger partial charge in [-0.3, -0.25) is 0 Å². The standard InChI is InChI=1S/C15H19N3O2S2/c1-11-10-21-15(17-11)13-4-3-5-14(8-13)22(19,20)18-7-6-16-9-12(18)2/h3-5,8,10,12,16H,6-7,9H2,1-2H3/t12-/m0/s1. The van der Waals surface area contributed by atoms with Crippen molar-refractivity contribution in [1.29, 1.82) is 0 Å². The lowest BCUT2D eigenvalue weighted by molar-refractivity contribution is 0.284.